The van der Waals surface area contributed by atoms with Crippen molar-refractivity contribution in [3.05, 3.63) is 65.0 Å². The molecule has 0 saturated carbocycles. The van der Waals surface area contributed by atoms with Crippen molar-refractivity contribution in [2.75, 3.05) is 0 Å². The van der Waals surface area contributed by atoms with Crippen LogP contribution in [0.15, 0.2) is 47.8 Å². The van der Waals surface area contributed by atoms with Gasteiger partial charge in [-0.1, -0.05) is 6.07 Å². The maximum atomic E-state index is 13.1. The highest BCUT2D eigenvalue weighted by molar-refractivity contribution is 7.17. The second kappa shape index (κ2) is 4.97. The van der Waals surface area contributed by atoms with Gasteiger partial charge in [0.15, 0.2) is 0 Å². The lowest BCUT2D eigenvalue weighted by atomic mass is 10.2. The third kappa shape index (κ3) is 2.58. The van der Waals surface area contributed by atoms with Crippen LogP contribution in [0, 0.1) is 11.6 Å². The number of benzene rings is 2. The van der Waals surface area contributed by atoms with Crippen LogP contribution in [0.2, 0.25) is 0 Å². The van der Waals surface area contributed by atoms with Crippen LogP contribution in [0.3, 0.4) is 0 Å². The molecule has 0 radical (unpaired) electrons. The summed E-state index contributed by atoms with van der Waals surface area (Å²) >= 11 is 1.49. The second-order valence-electron chi connectivity index (χ2n) is 4.14. The highest BCUT2D eigenvalue weighted by Gasteiger charge is 2.06. The first-order valence-corrected chi connectivity index (χ1v) is 6.64. The van der Waals surface area contributed by atoms with E-state index in [1.807, 2.05) is 5.38 Å². The Hall–Kier alpha value is -1.94. The Kier molecular flexibility index (Phi) is 3.17. The molecule has 0 aliphatic heterocycles. The van der Waals surface area contributed by atoms with E-state index in [9.17, 15) is 8.78 Å². The Morgan fingerprint density at radius 2 is 1.68 bits per heavy atom. The van der Waals surface area contributed by atoms with Gasteiger partial charge in [-0.2, -0.15) is 0 Å². The van der Waals surface area contributed by atoms with E-state index in [1.165, 1.54) is 35.6 Å². The zero-order valence-electron chi connectivity index (χ0n) is 9.90. The fourth-order valence-corrected chi connectivity index (χ4v) is 2.83. The van der Waals surface area contributed by atoms with Crippen LogP contribution >= 0.6 is 11.3 Å². The molecule has 0 unspecified atom stereocenters. The summed E-state index contributed by atoms with van der Waals surface area (Å²) in [7, 11) is 0. The standard InChI is InChI=1S/C15H10F2OS/c16-11-1-4-13(5-2-11)18-8-10-9-19-15-7-12(17)3-6-14(10)15/h1-7,9H,8H2. The molecule has 2 aromatic carbocycles. The summed E-state index contributed by atoms with van der Waals surface area (Å²) in [5.41, 5.74) is 1.00. The lowest BCUT2D eigenvalue weighted by Gasteiger charge is -2.05. The van der Waals surface area contributed by atoms with Crippen LogP contribution in [0.25, 0.3) is 10.1 Å². The number of thiophene rings is 1. The zero-order valence-corrected chi connectivity index (χ0v) is 10.7. The Morgan fingerprint density at radius 1 is 0.947 bits per heavy atom. The van der Waals surface area contributed by atoms with Gasteiger partial charge in [-0.15, -0.1) is 11.3 Å². The van der Waals surface area contributed by atoms with E-state index in [0.29, 0.717) is 12.4 Å². The Labute approximate surface area is 113 Å². The van der Waals surface area contributed by atoms with Crippen molar-refractivity contribution in [2.45, 2.75) is 6.61 Å². The minimum Gasteiger partial charge on any atom is -0.489 e. The summed E-state index contributed by atoms with van der Waals surface area (Å²) in [5, 5.41) is 2.95. The SMILES string of the molecule is Fc1ccc(OCc2csc3cc(F)ccc23)cc1. The molecule has 0 bridgehead atoms. The molecule has 0 amide bonds. The first-order chi connectivity index (χ1) is 9.22. The Morgan fingerprint density at radius 3 is 2.47 bits per heavy atom. The molecule has 96 valence electrons. The highest BCUT2D eigenvalue weighted by atomic mass is 32.1. The fraction of sp³-hybridized carbons (Fsp3) is 0.0667. The molecular formula is C15H10F2OS. The van der Waals surface area contributed by atoms with Crippen molar-refractivity contribution in [1.29, 1.82) is 0 Å². The fourth-order valence-electron chi connectivity index (χ4n) is 1.86. The summed E-state index contributed by atoms with van der Waals surface area (Å²) in [6.45, 7) is 0.386. The first-order valence-electron chi connectivity index (χ1n) is 5.76. The molecule has 0 saturated heterocycles. The number of fused-ring (bicyclic) bond motifs is 1. The van der Waals surface area contributed by atoms with Gasteiger partial charge in [0.25, 0.3) is 0 Å². The van der Waals surface area contributed by atoms with E-state index in [2.05, 4.69) is 0 Å². The molecule has 4 heteroatoms. The highest BCUT2D eigenvalue weighted by Crippen LogP contribution is 2.27. The van der Waals surface area contributed by atoms with Crippen LogP contribution in [-0.2, 0) is 6.61 Å². The Bertz CT molecular complexity index is 704. The summed E-state index contributed by atoms with van der Waals surface area (Å²) < 4.78 is 32.3. The molecule has 0 atom stereocenters. The summed E-state index contributed by atoms with van der Waals surface area (Å²) in [5.74, 6) is 0.0898. The van der Waals surface area contributed by atoms with Gasteiger partial charge in [0.2, 0.25) is 0 Å². The van der Waals surface area contributed by atoms with Crippen molar-refractivity contribution < 1.29 is 13.5 Å². The number of halogens is 2. The third-order valence-corrected chi connectivity index (χ3v) is 3.82. The first kappa shape index (κ1) is 12.1. The van der Waals surface area contributed by atoms with Gasteiger partial charge in [-0.25, -0.2) is 8.78 Å². The monoisotopic (exact) mass is 276 g/mol. The molecule has 3 rings (SSSR count). The van der Waals surface area contributed by atoms with E-state index in [-0.39, 0.29) is 11.6 Å². The summed E-state index contributed by atoms with van der Waals surface area (Å²) in [6.07, 6.45) is 0. The summed E-state index contributed by atoms with van der Waals surface area (Å²) in [4.78, 5) is 0. The van der Waals surface area contributed by atoms with Gasteiger partial charge in [0.1, 0.15) is 24.0 Å². The smallest absolute Gasteiger partial charge is 0.124 e. The molecule has 0 spiro atoms. The van der Waals surface area contributed by atoms with Crippen LogP contribution in [0.4, 0.5) is 8.78 Å². The van der Waals surface area contributed by atoms with Gasteiger partial charge in [-0.3, -0.25) is 0 Å². The third-order valence-electron chi connectivity index (χ3n) is 2.83. The average Bonchev–Trinajstić information content (AvgIpc) is 2.80. The predicted octanol–water partition coefficient (Wildman–Crippen LogP) is 4.76. The van der Waals surface area contributed by atoms with Crippen LogP contribution in [-0.4, -0.2) is 0 Å². The van der Waals surface area contributed by atoms with Crippen molar-refractivity contribution in [2.24, 2.45) is 0 Å². The van der Waals surface area contributed by atoms with Gasteiger partial charge < -0.3 is 4.74 Å². The molecule has 19 heavy (non-hydrogen) atoms. The molecule has 1 aromatic heterocycles. The molecule has 0 aliphatic carbocycles. The van der Waals surface area contributed by atoms with E-state index < -0.39 is 0 Å². The largest absolute Gasteiger partial charge is 0.489 e. The quantitative estimate of drug-likeness (QED) is 0.670. The van der Waals surface area contributed by atoms with Crippen molar-refractivity contribution >= 4 is 21.4 Å². The number of hydrogen-bond donors (Lipinski definition) is 0. The molecule has 0 aliphatic rings. The van der Waals surface area contributed by atoms with Crippen LogP contribution in [0.1, 0.15) is 5.56 Å². The van der Waals surface area contributed by atoms with Gasteiger partial charge >= 0.3 is 0 Å². The van der Waals surface area contributed by atoms with Crippen LogP contribution < -0.4 is 4.74 Å². The number of rotatable bonds is 3. The van der Waals surface area contributed by atoms with Crippen molar-refractivity contribution in [3.63, 3.8) is 0 Å². The Balaban J connectivity index is 1.80. The van der Waals surface area contributed by atoms with Gasteiger partial charge in [-0.05, 0) is 47.2 Å². The number of ether oxygens (including phenoxy) is 1. The lowest BCUT2D eigenvalue weighted by molar-refractivity contribution is 0.307. The predicted molar refractivity (Wildman–Crippen MR) is 72.5 cm³/mol. The van der Waals surface area contributed by atoms with E-state index >= 15 is 0 Å². The van der Waals surface area contributed by atoms with Gasteiger partial charge in [0, 0.05) is 10.3 Å². The summed E-state index contributed by atoms with van der Waals surface area (Å²) in [6, 6.07) is 10.6. The topological polar surface area (TPSA) is 9.23 Å². The minimum atomic E-state index is -0.288. The number of hydrogen-bond acceptors (Lipinski definition) is 2. The maximum Gasteiger partial charge on any atom is 0.124 e. The molecule has 0 N–H and O–H groups in total. The van der Waals surface area contributed by atoms with Crippen LogP contribution in [0.5, 0.6) is 5.75 Å². The molecule has 1 heterocycles. The average molecular weight is 276 g/mol. The van der Waals surface area contributed by atoms with E-state index in [0.717, 1.165) is 15.6 Å². The van der Waals surface area contributed by atoms with Crippen molar-refractivity contribution in [1.82, 2.24) is 0 Å². The molecule has 0 fully saturated rings. The minimum absolute atomic E-state index is 0.236. The normalized spacial score (nSPS) is 10.8. The maximum absolute atomic E-state index is 13.1. The molecule has 1 nitrogen and oxygen atoms in total. The van der Waals surface area contributed by atoms with E-state index in [4.69, 9.17) is 4.74 Å². The lowest BCUT2D eigenvalue weighted by Crippen LogP contribution is -1.94. The molecule has 3 aromatic rings. The second-order valence-corrected chi connectivity index (χ2v) is 5.06. The van der Waals surface area contributed by atoms with E-state index in [1.54, 1.807) is 18.2 Å². The zero-order chi connectivity index (χ0) is 13.2. The van der Waals surface area contributed by atoms with Gasteiger partial charge in [0.05, 0.1) is 0 Å². The van der Waals surface area contributed by atoms with Crippen molar-refractivity contribution in [3.8, 4) is 5.75 Å². The molecular weight excluding hydrogens is 266 g/mol.